The van der Waals surface area contributed by atoms with Gasteiger partial charge >= 0.3 is 12.1 Å². The van der Waals surface area contributed by atoms with E-state index >= 15 is 0 Å². The van der Waals surface area contributed by atoms with Crippen LogP contribution in [-0.4, -0.2) is 31.1 Å². The summed E-state index contributed by atoms with van der Waals surface area (Å²) in [7, 11) is 0. The van der Waals surface area contributed by atoms with Crippen LogP contribution in [0.3, 0.4) is 0 Å². The monoisotopic (exact) mass is 547 g/mol. The molecule has 0 aliphatic heterocycles. The molecule has 3 aromatic rings. The zero-order valence-corrected chi connectivity index (χ0v) is 21.2. The lowest BCUT2D eigenvalue weighted by atomic mass is 9.63. The van der Waals surface area contributed by atoms with Crippen molar-refractivity contribution in [1.82, 2.24) is 15.0 Å². The van der Waals surface area contributed by atoms with E-state index in [-0.39, 0.29) is 25.3 Å². The Labute approximate surface area is 219 Å². The predicted molar refractivity (Wildman–Crippen MR) is 133 cm³/mol. The topological polar surface area (TPSA) is 157 Å². The Morgan fingerprint density at radius 1 is 1.32 bits per heavy atom. The first-order chi connectivity index (χ1) is 17.8. The van der Waals surface area contributed by atoms with Gasteiger partial charge in [0.15, 0.2) is 0 Å². The second kappa shape index (κ2) is 10.2. The highest BCUT2D eigenvalue weighted by atomic mass is 32.1. The number of carbonyl (C=O) groups is 1. The Morgan fingerprint density at radius 3 is 2.74 bits per heavy atom. The first-order valence-corrected chi connectivity index (χ1v) is 12.4. The first kappa shape index (κ1) is 27.3. The van der Waals surface area contributed by atoms with Gasteiger partial charge in [0.1, 0.15) is 16.3 Å². The van der Waals surface area contributed by atoms with Crippen molar-refractivity contribution in [1.29, 1.82) is 0 Å². The maximum Gasteiger partial charge on any atom is 0.433 e. The SMILES string of the molecule is CC1(C)C[C@@](O)(c2ncc(-c3cc(CN=[N+]=[N-])cc(Nc4nccc(C(F)(F)F)n4)c3)s2)CC[C@@H]1C(=O)O. The minimum absolute atomic E-state index is 0.0111. The number of aliphatic hydroxyl groups is 1. The third-order valence-electron chi connectivity index (χ3n) is 6.54. The van der Waals surface area contributed by atoms with Crippen molar-refractivity contribution in [3.05, 3.63) is 63.4 Å². The van der Waals surface area contributed by atoms with Gasteiger partial charge in [0.05, 0.1) is 17.3 Å². The number of thiazole rings is 1. The van der Waals surface area contributed by atoms with E-state index in [9.17, 15) is 28.2 Å². The van der Waals surface area contributed by atoms with Crippen LogP contribution >= 0.6 is 11.3 Å². The van der Waals surface area contributed by atoms with Gasteiger partial charge in [0, 0.05) is 23.0 Å². The van der Waals surface area contributed by atoms with Crippen LogP contribution in [0.2, 0.25) is 0 Å². The summed E-state index contributed by atoms with van der Waals surface area (Å²) in [5.41, 5.74) is 7.26. The highest BCUT2D eigenvalue weighted by Crippen LogP contribution is 2.51. The number of hydrogen-bond acceptors (Lipinski definition) is 8. The van der Waals surface area contributed by atoms with Crippen LogP contribution < -0.4 is 5.32 Å². The second-order valence-electron chi connectivity index (χ2n) is 9.85. The summed E-state index contributed by atoms with van der Waals surface area (Å²) >= 11 is 1.24. The number of rotatable bonds is 7. The lowest BCUT2D eigenvalue weighted by Crippen LogP contribution is -2.44. The molecule has 14 heteroatoms. The average Bonchev–Trinajstić information content (AvgIpc) is 3.33. The van der Waals surface area contributed by atoms with Crippen LogP contribution in [0, 0.1) is 11.3 Å². The average molecular weight is 548 g/mol. The van der Waals surface area contributed by atoms with E-state index in [4.69, 9.17) is 5.53 Å². The number of hydrogen-bond donors (Lipinski definition) is 3. The van der Waals surface area contributed by atoms with Crippen molar-refractivity contribution in [2.75, 3.05) is 5.32 Å². The maximum absolute atomic E-state index is 13.1. The van der Waals surface area contributed by atoms with Crippen molar-refractivity contribution in [2.24, 2.45) is 16.4 Å². The number of halogens is 3. The maximum atomic E-state index is 13.1. The van der Waals surface area contributed by atoms with Crippen molar-refractivity contribution >= 4 is 28.9 Å². The van der Waals surface area contributed by atoms with Crippen LogP contribution in [0.5, 0.6) is 0 Å². The van der Waals surface area contributed by atoms with Gasteiger partial charge in [0.2, 0.25) is 5.95 Å². The van der Waals surface area contributed by atoms with E-state index in [1.807, 2.05) is 13.8 Å². The van der Waals surface area contributed by atoms with Gasteiger partial charge in [-0.15, -0.1) is 11.3 Å². The van der Waals surface area contributed by atoms with Gasteiger partial charge in [-0.3, -0.25) is 4.79 Å². The minimum atomic E-state index is -4.63. The number of aromatic nitrogens is 3. The van der Waals surface area contributed by atoms with E-state index < -0.39 is 34.8 Å². The molecular formula is C24H24F3N7O3S. The molecule has 2 aromatic heterocycles. The molecule has 0 spiro atoms. The molecule has 2 atom stereocenters. The number of aliphatic carboxylic acids is 1. The molecule has 1 aromatic carbocycles. The largest absolute Gasteiger partial charge is 0.481 e. The van der Waals surface area contributed by atoms with Gasteiger partial charge in [-0.05, 0) is 59.5 Å². The molecule has 10 nitrogen and oxygen atoms in total. The van der Waals surface area contributed by atoms with Crippen molar-refractivity contribution in [3.8, 4) is 10.4 Å². The fourth-order valence-corrected chi connectivity index (χ4v) is 5.84. The number of azide groups is 1. The van der Waals surface area contributed by atoms with Gasteiger partial charge < -0.3 is 15.5 Å². The molecule has 38 heavy (non-hydrogen) atoms. The zero-order valence-electron chi connectivity index (χ0n) is 20.4. The molecule has 1 aliphatic rings. The van der Waals surface area contributed by atoms with Crippen LogP contribution in [0.1, 0.15) is 49.4 Å². The first-order valence-electron chi connectivity index (χ1n) is 11.5. The summed E-state index contributed by atoms with van der Waals surface area (Å²) in [6.45, 7) is 3.62. The van der Waals surface area contributed by atoms with E-state index in [0.29, 0.717) is 33.1 Å². The van der Waals surface area contributed by atoms with Crippen LogP contribution in [0.4, 0.5) is 24.8 Å². The molecule has 3 N–H and O–H groups in total. The Kier molecular flexibility index (Phi) is 7.33. The molecule has 0 saturated heterocycles. The number of nitrogens with zero attached hydrogens (tertiary/aromatic N) is 6. The van der Waals surface area contributed by atoms with E-state index in [1.54, 1.807) is 24.4 Å². The van der Waals surface area contributed by atoms with Crippen molar-refractivity contribution in [2.45, 2.75) is 51.4 Å². The van der Waals surface area contributed by atoms with Crippen molar-refractivity contribution in [3.63, 3.8) is 0 Å². The van der Waals surface area contributed by atoms with Crippen LogP contribution in [0.25, 0.3) is 20.9 Å². The van der Waals surface area contributed by atoms with Crippen LogP contribution in [-0.2, 0) is 23.1 Å². The van der Waals surface area contributed by atoms with Gasteiger partial charge in [-0.1, -0.05) is 25.0 Å². The van der Waals surface area contributed by atoms with E-state index in [2.05, 4.69) is 30.3 Å². The lowest BCUT2D eigenvalue weighted by molar-refractivity contribution is -0.154. The van der Waals surface area contributed by atoms with Crippen LogP contribution in [0.15, 0.2) is 41.8 Å². The fraction of sp³-hybridized carbons (Fsp3) is 0.417. The molecule has 0 unspecified atom stereocenters. The van der Waals surface area contributed by atoms with E-state index in [1.165, 1.54) is 11.3 Å². The van der Waals surface area contributed by atoms with Crippen molar-refractivity contribution < 1.29 is 28.2 Å². The molecule has 0 radical (unpaired) electrons. The number of anilines is 2. The lowest BCUT2D eigenvalue weighted by Gasteiger charge is -2.44. The molecule has 1 saturated carbocycles. The summed E-state index contributed by atoms with van der Waals surface area (Å²) < 4.78 is 39.2. The Bertz CT molecular complexity index is 1400. The number of benzene rings is 1. The highest BCUT2D eigenvalue weighted by Gasteiger charge is 2.49. The van der Waals surface area contributed by atoms with Gasteiger partial charge in [-0.2, -0.15) is 13.2 Å². The minimum Gasteiger partial charge on any atom is -0.481 e. The Morgan fingerprint density at radius 2 is 2.08 bits per heavy atom. The molecule has 1 fully saturated rings. The second-order valence-corrected chi connectivity index (χ2v) is 10.9. The highest BCUT2D eigenvalue weighted by molar-refractivity contribution is 7.15. The Hall–Kier alpha value is -3.74. The molecule has 0 bridgehead atoms. The molecule has 2 heterocycles. The van der Waals surface area contributed by atoms with Gasteiger partial charge in [0.25, 0.3) is 0 Å². The smallest absolute Gasteiger partial charge is 0.433 e. The number of carboxylic acid groups (broad SMARTS) is 1. The summed E-state index contributed by atoms with van der Waals surface area (Å²) in [6, 6.07) is 5.78. The fourth-order valence-electron chi connectivity index (χ4n) is 4.82. The molecule has 4 rings (SSSR count). The number of nitrogens with one attached hydrogen (secondary N) is 1. The van der Waals surface area contributed by atoms with Gasteiger partial charge in [-0.25, -0.2) is 15.0 Å². The third-order valence-corrected chi connectivity index (χ3v) is 7.78. The number of alkyl halides is 3. The number of carboxylic acids is 1. The molecular weight excluding hydrogens is 523 g/mol. The standard InChI is InChI=1S/C24H24F3N7O3S/c1-22(2)12-23(37,5-3-16(22)19(35)36)20-30-11-17(38-20)14-7-13(10-31-34-28)8-15(9-14)32-21-29-6-4-18(33-21)24(25,26)27/h4,6-9,11,16,37H,3,5,10,12H2,1-2H3,(H,35,36)(H,29,32,33)/t16-,23-/m1/s1. The summed E-state index contributed by atoms with van der Waals surface area (Å²) in [5.74, 6) is -1.73. The molecule has 200 valence electrons. The molecule has 0 amide bonds. The summed E-state index contributed by atoms with van der Waals surface area (Å²) in [6.07, 6.45) is -1.28. The quantitative estimate of drug-likeness (QED) is 0.179. The summed E-state index contributed by atoms with van der Waals surface area (Å²) in [4.78, 5) is 26.9. The third kappa shape index (κ3) is 5.87. The normalized spacial score (nSPS) is 20.9. The zero-order chi connectivity index (χ0) is 27.7. The Balaban J connectivity index is 1.66. The predicted octanol–water partition coefficient (Wildman–Crippen LogP) is 6.27. The molecule has 1 aliphatic carbocycles. The van der Waals surface area contributed by atoms with E-state index in [0.717, 1.165) is 12.3 Å². The summed E-state index contributed by atoms with van der Waals surface area (Å²) in [5, 5.41) is 27.8.